The van der Waals surface area contributed by atoms with E-state index in [0.717, 1.165) is 38.7 Å². The third-order valence-corrected chi connectivity index (χ3v) is 7.60. The van der Waals surface area contributed by atoms with E-state index in [1.165, 1.54) is 6.26 Å². The van der Waals surface area contributed by atoms with Gasteiger partial charge in [-0.15, -0.1) is 0 Å². The maximum Gasteiger partial charge on any atom is 0.156 e. The fraction of sp³-hybridized carbons (Fsp3) is 0.167. The second kappa shape index (κ2) is 7.08. The van der Waals surface area contributed by atoms with Gasteiger partial charge in [-0.3, -0.25) is 9.97 Å². The largest absolute Gasteiger partial charge is 0.265 e. The number of benzene rings is 2. The van der Waals surface area contributed by atoms with Crippen LogP contribution in [0, 0.1) is 0 Å². The zero-order chi connectivity index (χ0) is 20.6. The van der Waals surface area contributed by atoms with Crippen molar-refractivity contribution in [3.8, 4) is 22.3 Å². The van der Waals surface area contributed by atoms with E-state index in [2.05, 4.69) is 22.1 Å². The number of aromatic nitrogens is 2. The van der Waals surface area contributed by atoms with Gasteiger partial charge >= 0.3 is 0 Å². The zero-order valence-electron chi connectivity index (χ0n) is 16.6. The van der Waals surface area contributed by atoms with Crippen molar-refractivity contribution in [3.63, 3.8) is 0 Å². The average Bonchev–Trinajstić information content (AvgIpc) is 2.73. The molecule has 2 aromatic heterocycles. The van der Waals surface area contributed by atoms with Crippen LogP contribution in [0.1, 0.15) is 19.4 Å². The summed E-state index contributed by atoms with van der Waals surface area (Å²) < 4.78 is 23.9. The monoisotopic (exact) mass is 402 g/mol. The Hall–Kier alpha value is -3.05. The van der Waals surface area contributed by atoms with E-state index in [4.69, 9.17) is 0 Å². The second-order valence-corrected chi connectivity index (χ2v) is 10.3. The van der Waals surface area contributed by atoms with E-state index in [-0.39, 0.29) is 0 Å². The van der Waals surface area contributed by atoms with Crippen molar-refractivity contribution >= 4 is 20.7 Å². The Kier molecular flexibility index (Phi) is 4.71. The first kappa shape index (κ1) is 19.3. The number of pyridine rings is 2. The smallest absolute Gasteiger partial charge is 0.156 e. The molecule has 4 nitrogen and oxygen atoms in total. The van der Waals surface area contributed by atoms with Crippen molar-refractivity contribution in [3.05, 3.63) is 84.8 Å². The molecule has 0 aliphatic carbocycles. The third-order valence-electron chi connectivity index (χ3n) is 5.51. The van der Waals surface area contributed by atoms with Crippen LogP contribution >= 0.6 is 0 Å². The summed E-state index contributed by atoms with van der Waals surface area (Å²) in [5.74, 6) is 0. The van der Waals surface area contributed by atoms with Gasteiger partial charge in [-0.05, 0) is 72.5 Å². The lowest BCUT2D eigenvalue weighted by atomic mass is 9.92. The molecule has 0 N–H and O–H groups in total. The van der Waals surface area contributed by atoms with E-state index in [9.17, 15) is 8.42 Å². The topological polar surface area (TPSA) is 59.9 Å². The van der Waals surface area contributed by atoms with Crippen molar-refractivity contribution in [2.24, 2.45) is 0 Å². The van der Waals surface area contributed by atoms with Gasteiger partial charge in [0.15, 0.2) is 9.84 Å². The minimum absolute atomic E-state index is 0.754. The Labute approximate surface area is 171 Å². The number of fused-ring (bicyclic) bond motifs is 1. The number of sulfone groups is 1. The third kappa shape index (κ3) is 3.54. The number of hydrogen-bond donors (Lipinski definition) is 0. The Morgan fingerprint density at radius 1 is 0.793 bits per heavy atom. The molecule has 0 aliphatic rings. The first-order valence-electron chi connectivity index (χ1n) is 9.37. The highest BCUT2D eigenvalue weighted by molar-refractivity contribution is 7.91. The maximum atomic E-state index is 12.5. The van der Waals surface area contributed by atoms with Crippen LogP contribution in [0.4, 0.5) is 0 Å². The van der Waals surface area contributed by atoms with E-state index < -0.39 is 14.6 Å². The molecular weight excluding hydrogens is 380 g/mol. The number of hydrogen-bond acceptors (Lipinski definition) is 4. The summed E-state index contributed by atoms with van der Waals surface area (Å²) in [6, 6.07) is 19.9. The molecule has 2 heterocycles. The Bertz CT molecular complexity index is 1300. The van der Waals surface area contributed by atoms with Gasteiger partial charge in [0, 0.05) is 35.8 Å². The predicted molar refractivity (Wildman–Crippen MR) is 118 cm³/mol. The molecule has 0 atom stereocenters. The van der Waals surface area contributed by atoms with E-state index in [1.54, 1.807) is 32.4 Å². The molecule has 29 heavy (non-hydrogen) atoms. The van der Waals surface area contributed by atoms with Crippen molar-refractivity contribution < 1.29 is 8.42 Å². The highest BCUT2D eigenvalue weighted by atomic mass is 32.2. The maximum absolute atomic E-state index is 12.5. The summed E-state index contributed by atoms with van der Waals surface area (Å²) in [7, 11) is -3.30. The molecule has 0 radical (unpaired) electrons. The fourth-order valence-electron chi connectivity index (χ4n) is 3.38. The molecule has 0 aliphatic heterocycles. The summed E-state index contributed by atoms with van der Waals surface area (Å²) in [5.41, 5.74) is 5.67. The van der Waals surface area contributed by atoms with Gasteiger partial charge in [0.2, 0.25) is 0 Å². The van der Waals surface area contributed by atoms with Crippen molar-refractivity contribution in [2.75, 3.05) is 6.26 Å². The first-order valence-corrected chi connectivity index (χ1v) is 11.3. The summed E-state index contributed by atoms with van der Waals surface area (Å²) in [5, 5.41) is 0.922. The van der Waals surface area contributed by atoms with Crippen LogP contribution in [0.5, 0.6) is 0 Å². The first-order chi connectivity index (χ1) is 13.8. The summed E-state index contributed by atoms with van der Waals surface area (Å²) >= 11 is 0. The average molecular weight is 403 g/mol. The van der Waals surface area contributed by atoms with E-state index in [1.807, 2.05) is 48.5 Å². The summed E-state index contributed by atoms with van der Waals surface area (Å²) in [4.78, 5) is 8.67. The van der Waals surface area contributed by atoms with Gasteiger partial charge in [0.1, 0.15) is 0 Å². The molecule has 0 amide bonds. The highest BCUT2D eigenvalue weighted by Gasteiger charge is 2.33. The lowest BCUT2D eigenvalue weighted by molar-refractivity contribution is 0.561. The molecule has 2 aromatic carbocycles. The molecule has 4 rings (SSSR count). The van der Waals surface area contributed by atoms with Crippen LogP contribution in [0.2, 0.25) is 0 Å². The minimum atomic E-state index is -3.30. The van der Waals surface area contributed by atoms with Gasteiger partial charge in [-0.2, -0.15) is 0 Å². The fourth-order valence-corrected chi connectivity index (χ4v) is 3.93. The van der Waals surface area contributed by atoms with Gasteiger partial charge in [-0.25, -0.2) is 8.42 Å². The quantitative estimate of drug-likeness (QED) is 0.468. The van der Waals surface area contributed by atoms with Crippen LogP contribution in [0.25, 0.3) is 33.2 Å². The Morgan fingerprint density at radius 2 is 1.52 bits per heavy atom. The zero-order valence-corrected chi connectivity index (χ0v) is 17.4. The van der Waals surface area contributed by atoms with Crippen LogP contribution < -0.4 is 0 Å². The molecule has 5 heteroatoms. The predicted octanol–water partition coefficient (Wildman–Crippen LogP) is 5.24. The van der Waals surface area contributed by atoms with Crippen molar-refractivity contribution in [1.82, 2.24) is 9.97 Å². The number of nitrogens with zero attached hydrogens (tertiary/aromatic N) is 2. The van der Waals surface area contributed by atoms with Gasteiger partial charge in [-0.1, -0.05) is 24.3 Å². The normalized spacial score (nSPS) is 12.2. The molecular formula is C24H22N2O2S. The van der Waals surface area contributed by atoms with Gasteiger partial charge in [0.05, 0.1) is 10.3 Å². The molecule has 0 saturated heterocycles. The molecule has 0 spiro atoms. The van der Waals surface area contributed by atoms with E-state index in [0.29, 0.717) is 0 Å². The molecule has 4 aromatic rings. The van der Waals surface area contributed by atoms with Gasteiger partial charge in [0.25, 0.3) is 0 Å². The SMILES string of the molecule is CC(C)(c1cc(-c2cccc(-c3ccncc3)c2)c2ncccc2c1)S(C)(=O)=O. The highest BCUT2D eigenvalue weighted by Crippen LogP contribution is 2.37. The minimum Gasteiger partial charge on any atom is -0.265 e. The van der Waals surface area contributed by atoms with Crippen LogP contribution in [-0.2, 0) is 14.6 Å². The molecule has 0 bridgehead atoms. The van der Waals surface area contributed by atoms with Gasteiger partial charge < -0.3 is 0 Å². The molecule has 0 unspecified atom stereocenters. The Balaban J connectivity index is 1.97. The Morgan fingerprint density at radius 3 is 2.24 bits per heavy atom. The van der Waals surface area contributed by atoms with Crippen molar-refractivity contribution in [2.45, 2.75) is 18.6 Å². The second-order valence-electron chi connectivity index (χ2n) is 7.70. The summed E-state index contributed by atoms with van der Waals surface area (Å²) in [6.07, 6.45) is 6.59. The van der Waals surface area contributed by atoms with Crippen LogP contribution in [-0.4, -0.2) is 24.6 Å². The lowest BCUT2D eigenvalue weighted by Gasteiger charge is -2.24. The number of rotatable bonds is 4. The summed E-state index contributed by atoms with van der Waals surface area (Å²) in [6.45, 7) is 3.49. The molecule has 146 valence electrons. The molecule has 0 fully saturated rings. The standard InChI is InChI=1S/C24H22N2O2S/c1-24(2,29(3,27)28)21-15-20-8-5-11-26-23(20)22(16-21)19-7-4-6-18(14-19)17-9-12-25-13-10-17/h4-16H,1-3H3. The molecule has 0 saturated carbocycles. The van der Waals surface area contributed by atoms with Crippen molar-refractivity contribution in [1.29, 1.82) is 0 Å². The van der Waals surface area contributed by atoms with E-state index >= 15 is 0 Å². The van der Waals surface area contributed by atoms with Crippen LogP contribution in [0.15, 0.2) is 79.3 Å². The van der Waals surface area contributed by atoms with Crippen LogP contribution in [0.3, 0.4) is 0 Å². The lowest BCUT2D eigenvalue weighted by Crippen LogP contribution is -2.28.